The monoisotopic (exact) mass is 563 g/mol. The zero-order valence-electron chi connectivity index (χ0n) is 25.4. The molecule has 0 fully saturated rings. The molecule has 0 heterocycles. The molecule has 2 atom stereocenters. The van der Waals surface area contributed by atoms with Gasteiger partial charge in [0.1, 0.15) is 17.7 Å². The SMILES string of the molecule is CCCCCCCCN(C(=O)C(CCSC)NC(=O)OC(C)(C)C)C(C(=O)NCCCC)c1cccc(C)c1. The average molecular weight is 564 g/mol. The van der Waals surface area contributed by atoms with E-state index >= 15 is 0 Å². The maximum Gasteiger partial charge on any atom is 0.408 e. The van der Waals surface area contributed by atoms with Crippen LogP contribution in [0.15, 0.2) is 24.3 Å². The number of benzene rings is 1. The van der Waals surface area contributed by atoms with Crippen molar-refractivity contribution in [3.8, 4) is 0 Å². The lowest BCUT2D eigenvalue weighted by molar-refractivity contribution is -0.142. The number of ether oxygens (including phenoxy) is 1. The molecule has 0 aliphatic heterocycles. The summed E-state index contributed by atoms with van der Waals surface area (Å²) in [5.74, 6) is 0.254. The second-order valence-electron chi connectivity index (χ2n) is 11.2. The molecule has 0 aromatic heterocycles. The number of carbonyl (C=O) groups excluding carboxylic acids is 3. The molecule has 1 aromatic carbocycles. The summed E-state index contributed by atoms with van der Waals surface area (Å²) in [7, 11) is 0. The van der Waals surface area contributed by atoms with E-state index in [0.717, 1.165) is 43.2 Å². The zero-order chi connectivity index (χ0) is 29.3. The van der Waals surface area contributed by atoms with Crippen LogP contribution in [0.2, 0.25) is 0 Å². The summed E-state index contributed by atoms with van der Waals surface area (Å²) in [5, 5.41) is 5.88. The topological polar surface area (TPSA) is 87.7 Å². The standard InChI is InChI=1S/C31H53N3O4S/c1-8-10-12-13-14-15-21-34(29(36)26(19-22-39-7)33-30(37)38-31(4,5)6)27(28(35)32-20-11-9-2)25-18-16-17-24(3)23-25/h16-18,23,26-27H,8-15,19-22H2,1-7H3,(H,32,35)(H,33,37). The first-order valence-electron chi connectivity index (χ1n) is 14.7. The highest BCUT2D eigenvalue weighted by Gasteiger charge is 2.35. The van der Waals surface area contributed by atoms with Gasteiger partial charge in [0.25, 0.3) is 0 Å². The van der Waals surface area contributed by atoms with Crippen LogP contribution in [0.4, 0.5) is 4.79 Å². The molecule has 0 spiro atoms. The number of alkyl carbamates (subject to hydrolysis) is 1. The molecule has 0 radical (unpaired) electrons. The van der Waals surface area contributed by atoms with Crippen LogP contribution in [0.1, 0.15) is 110 Å². The number of thioether (sulfide) groups is 1. The van der Waals surface area contributed by atoms with Crippen molar-refractivity contribution < 1.29 is 19.1 Å². The summed E-state index contributed by atoms with van der Waals surface area (Å²) in [5.41, 5.74) is 1.12. The average Bonchev–Trinajstić information content (AvgIpc) is 2.86. The van der Waals surface area contributed by atoms with Gasteiger partial charge in [0.05, 0.1) is 0 Å². The summed E-state index contributed by atoms with van der Waals surface area (Å²) < 4.78 is 5.48. The Labute approximate surface area is 241 Å². The number of rotatable bonds is 18. The molecule has 0 aliphatic rings. The van der Waals surface area contributed by atoms with Crippen molar-refractivity contribution in [2.75, 3.05) is 25.1 Å². The van der Waals surface area contributed by atoms with Gasteiger partial charge < -0.3 is 20.3 Å². The number of unbranched alkanes of at least 4 members (excludes halogenated alkanes) is 6. The largest absolute Gasteiger partial charge is 0.444 e. The number of hydrogen-bond donors (Lipinski definition) is 2. The number of hydrogen-bond acceptors (Lipinski definition) is 5. The molecule has 222 valence electrons. The van der Waals surface area contributed by atoms with Gasteiger partial charge in [-0.1, -0.05) is 82.2 Å². The minimum atomic E-state index is -0.789. The third-order valence-corrected chi connectivity index (χ3v) is 7.03. The summed E-state index contributed by atoms with van der Waals surface area (Å²) in [6.07, 6.45) is 10.0. The van der Waals surface area contributed by atoms with Crippen molar-refractivity contribution in [3.63, 3.8) is 0 Å². The Kier molecular flexibility index (Phi) is 16.9. The molecule has 39 heavy (non-hydrogen) atoms. The summed E-state index contributed by atoms with van der Waals surface area (Å²) in [6.45, 7) is 12.6. The number of aryl methyl sites for hydroxylation is 1. The summed E-state index contributed by atoms with van der Waals surface area (Å²) in [6, 6.07) is 6.24. The van der Waals surface area contributed by atoms with Gasteiger partial charge in [0, 0.05) is 13.1 Å². The van der Waals surface area contributed by atoms with Crippen molar-refractivity contribution >= 4 is 29.7 Å². The molecule has 1 rings (SSSR count). The molecule has 0 saturated carbocycles. The third-order valence-electron chi connectivity index (χ3n) is 6.38. The Balaban J connectivity index is 3.37. The normalized spacial score (nSPS) is 12.9. The van der Waals surface area contributed by atoms with E-state index in [0.29, 0.717) is 25.3 Å². The molecule has 0 saturated heterocycles. The Hall–Kier alpha value is -2.22. The first-order valence-corrected chi connectivity index (χ1v) is 16.1. The number of nitrogens with one attached hydrogen (secondary N) is 2. The first kappa shape index (κ1) is 34.8. The van der Waals surface area contributed by atoms with E-state index < -0.39 is 23.8 Å². The van der Waals surface area contributed by atoms with Crippen LogP contribution in [-0.2, 0) is 14.3 Å². The van der Waals surface area contributed by atoms with Crippen LogP contribution in [-0.4, -0.2) is 59.5 Å². The maximum atomic E-state index is 14.2. The number of amides is 3. The highest BCUT2D eigenvalue weighted by Crippen LogP contribution is 2.25. The first-order chi connectivity index (χ1) is 18.5. The van der Waals surface area contributed by atoms with Gasteiger partial charge in [0.2, 0.25) is 11.8 Å². The smallest absolute Gasteiger partial charge is 0.408 e. The molecule has 8 heteroatoms. The van der Waals surface area contributed by atoms with E-state index in [9.17, 15) is 14.4 Å². The van der Waals surface area contributed by atoms with E-state index in [4.69, 9.17) is 4.74 Å². The highest BCUT2D eigenvalue weighted by molar-refractivity contribution is 7.98. The minimum absolute atomic E-state index is 0.186. The van der Waals surface area contributed by atoms with Crippen molar-refractivity contribution in [1.82, 2.24) is 15.5 Å². The molecule has 0 aliphatic carbocycles. The van der Waals surface area contributed by atoms with Crippen LogP contribution in [0, 0.1) is 6.92 Å². The van der Waals surface area contributed by atoms with E-state index in [1.807, 2.05) is 37.4 Å². The van der Waals surface area contributed by atoms with Crippen molar-refractivity contribution in [2.24, 2.45) is 0 Å². The Morgan fingerprint density at radius 1 is 1.00 bits per heavy atom. The van der Waals surface area contributed by atoms with Gasteiger partial charge >= 0.3 is 6.09 Å². The molecule has 0 bridgehead atoms. The van der Waals surface area contributed by atoms with Gasteiger partial charge in [0.15, 0.2) is 0 Å². The highest BCUT2D eigenvalue weighted by atomic mass is 32.2. The molecule has 3 amide bonds. The van der Waals surface area contributed by atoms with Crippen molar-refractivity contribution in [1.29, 1.82) is 0 Å². The Bertz CT molecular complexity index is 872. The third kappa shape index (κ3) is 14.1. The maximum absolute atomic E-state index is 14.2. The quantitative estimate of drug-likeness (QED) is 0.192. The summed E-state index contributed by atoms with van der Waals surface area (Å²) in [4.78, 5) is 42.3. The van der Waals surface area contributed by atoms with Gasteiger partial charge in [-0.3, -0.25) is 9.59 Å². The predicted octanol–water partition coefficient (Wildman–Crippen LogP) is 6.79. The fourth-order valence-corrected chi connectivity index (χ4v) is 4.84. The zero-order valence-corrected chi connectivity index (χ0v) is 26.3. The van der Waals surface area contributed by atoms with Gasteiger partial charge in [-0.25, -0.2) is 4.79 Å². The van der Waals surface area contributed by atoms with Gasteiger partial charge in [-0.15, -0.1) is 0 Å². The lowest BCUT2D eigenvalue weighted by Gasteiger charge is -2.35. The fourth-order valence-electron chi connectivity index (χ4n) is 4.37. The lowest BCUT2D eigenvalue weighted by Crippen LogP contribution is -2.53. The number of carbonyl (C=O) groups is 3. The lowest BCUT2D eigenvalue weighted by atomic mass is 9.99. The van der Waals surface area contributed by atoms with Crippen molar-refractivity contribution in [3.05, 3.63) is 35.4 Å². The molecular formula is C31H53N3O4S. The minimum Gasteiger partial charge on any atom is -0.444 e. The van der Waals surface area contributed by atoms with Crippen LogP contribution < -0.4 is 10.6 Å². The van der Waals surface area contributed by atoms with Gasteiger partial charge in [-0.2, -0.15) is 11.8 Å². The fraction of sp³-hybridized carbons (Fsp3) is 0.710. The Morgan fingerprint density at radius 3 is 2.28 bits per heavy atom. The predicted molar refractivity (Wildman–Crippen MR) is 163 cm³/mol. The molecule has 2 unspecified atom stereocenters. The summed E-state index contributed by atoms with van der Waals surface area (Å²) >= 11 is 1.61. The van der Waals surface area contributed by atoms with E-state index in [1.165, 1.54) is 19.3 Å². The molecule has 2 N–H and O–H groups in total. The second-order valence-corrected chi connectivity index (χ2v) is 12.2. The van der Waals surface area contributed by atoms with Crippen LogP contribution >= 0.6 is 11.8 Å². The molecule has 1 aromatic rings. The van der Waals surface area contributed by atoms with Crippen molar-refractivity contribution in [2.45, 2.75) is 117 Å². The van der Waals surface area contributed by atoms with E-state index in [-0.39, 0.29) is 11.8 Å². The number of nitrogens with zero attached hydrogens (tertiary/aromatic N) is 1. The van der Waals surface area contributed by atoms with E-state index in [2.05, 4.69) is 24.5 Å². The van der Waals surface area contributed by atoms with E-state index in [1.54, 1.807) is 37.4 Å². The van der Waals surface area contributed by atoms with Gasteiger partial charge in [-0.05, 0) is 64.5 Å². The van der Waals surface area contributed by atoms with Crippen LogP contribution in [0.5, 0.6) is 0 Å². The Morgan fingerprint density at radius 2 is 1.67 bits per heavy atom. The van der Waals surface area contributed by atoms with Crippen LogP contribution in [0.3, 0.4) is 0 Å². The van der Waals surface area contributed by atoms with Crippen LogP contribution in [0.25, 0.3) is 0 Å². The second kappa shape index (κ2) is 19.0. The molecule has 7 nitrogen and oxygen atoms in total. The molecular weight excluding hydrogens is 510 g/mol.